The Labute approximate surface area is 166 Å². The second-order valence-electron chi connectivity index (χ2n) is 8.29. The van der Waals surface area contributed by atoms with E-state index in [4.69, 9.17) is 0 Å². The summed E-state index contributed by atoms with van der Waals surface area (Å²) in [5, 5.41) is 10.2. The Bertz CT molecular complexity index is 729. The molecule has 3 atom stereocenters. The zero-order valence-electron chi connectivity index (χ0n) is 17.0. The average Bonchev–Trinajstić information content (AvgIpc) is 3.24. The maximum atomic E-state index is 13.0. The molecule has 154 valence electrons. The number of rotatable bonds is 6. The molecule has 2 N–H and O–H groups in total. The van der Waals surface area contributed by atoms with Gasteiger partial charge in [0.2, 0.25) is 11.8 Å². The Balaban J connectivity index is 1.64. The van der Waals surface area contributed by atoms with Crippen molar-refractivity contribution in [2.75, 3.05) is 19.6 Å². The van der Waals surface area contributed by atoms with Crippen molar-refractivity contribution in [3.8, 4) is 0 Å². The molecule has 8 heteroatoms. The number of nitrogens with zero attached hydrogens (tertiary/aromatic N) is 3. The molecule has 0 spiro atoms. The number of amides is 3. The van der Waals surface area contributed by atoms with E-state index < -0.39 is 0 Å². The fourth-order valence-electron chi connectivity index (χ4n) is 4.20. The van der Waals surface area contributed by atoms with Gasteiger partial charge in [0.1, 0.15) is 5.69 Å². The maximum absolute atomic E-state index is 13.0. The Kier molecular flexibility index (Phi) is 6.36. The Morgan fingerprint density at radius 3 is 2.86 bits per heavy atom. The number of aryl methyl sites for hydroxylation is 1. The van der Waals surface area contributed by atoms with Gasteiger partial charge in [-0.1, -0.05) is 13.8 Å². The summed E-state index contributed by atoms with van der Waals surface area (Å²) >= 11 is 0. The van der Waals surface area contributed by atoms with E-state index in [0.717, 1.165) is 6.42 Å². The van der Waals surface area contributed by atoms with Gasteiger partial charge in [0.05, 0.1) is 6.54 Å². The minimum absolute atomic E-state index is 0.0476. The van der Waals surface area contributed by atoms with Crippen molar-refractivity contribution >= 4 is 17.7 Å². The van der Waals surface area contributed by atoms with Crippen LogP contribution >= 0.6 is 0 Å². The van der Waals surface area contributed by atoms with Crippen LogP contribution in [0, 0.1) is 17.8 Å². The summed E-state index contributed by atoms with van der Waals surface area (Å²) in [7, 11) is 0. The Morgan fingerprint density at radius 2 is 2.14 bits per heavy atom. The summed E-state index contributed by atoms with van der Waals surface area (Å²) in [4.78, 5) is 39.4. The summed E-state index contributed by atoms with van der Waals surface area (Å²) in [6.45, 7) is 7.99. The van der Waals surface area contributed by atoms with Gasteiger partial charge in [0.25, 0.3) is 5.91 Å². The highest BCUT2D eigenvalue weighted by atomic mass is 16.2. The summed E-state index contributed by atoms with van der Waals surface area (Å²) in [6.07, 6.45) is 3.88. The number of carbonyl (C=O) groups excluding carboxylic acids is 3. The van der Waals surface area contributed by atoms with Crippen LogP contribution in [0.4, 0.5) is 0 Å². The Hall–Kier alpha value is -2.38. The summed E-state index contributed by atoms with van der Waals surface area (Å²) < 4.78 is 1.64. The van der Waals surface area contributed by atoms with Crippen molar-refractivity contribution in [3.63, 3.8) is 0 Å². The average molecular weight is 390 g/mol. The van der Waals surface area contributed by atoms with E-state index in [2.05, 4.69) is 29.6 Å². The van der Waals surface area contributed by atoms with E-state index in [9.17, 15) is 14.4 Å². The van der Waals surface area contributed by atoms with Crippen molar-refractivity contribution in [2.24, 2.45) is 17.8 Å². The van der Waals surface area contributed by atoms with Gasteiger partial charge in [-0.25, -0.2) is 0 Å². The molecule has 28 heavy (non-hydrogen) atoms. The van der Waals surface area contributed by atoms with Crippen LogP contribution < -0.4 is 10.6 Å². The molecule has 0 unspecified atom stereocenters. The minimum Gasteiger partial charge on any atom is -0.356 e. The first kappa shape index (κ1) is 20.4. The third-order valence-corrected chi connectivity index (χ3v) is 5.74. The first-order valence-corrected chi connectivity index (χ1v) is 10.3. The predicted octanol–water partition coefficient (Wildman–Crippen LogP) is 1.03. The van der Waals surface area contributed by atoms with E-state index in [0.29, 0.717) is 44.1 Å². The molecule has 2 aliphatic rings. The first-order valence-electron chi connectivity index (χ1n) is 10.3. The number of nitrogens with one attached hydrogen (secondary N) is 2. The molecular formula is C20H31N5O3. The molecule has 1 aromatic heterocycles. The van der Waals surface area contributed by atoms with E-state index in [-0.39, 0.29) is 42.1 Å². The fourth-order valence-corrected chi connectivity index (χ4v) is 4.20. The van der Waals surface area contributed by atoms with Gasteiger partial charge in [0.15, 0.2) is 0 Å². The van der Waals surface area contributed by atoms with Crippen molar-refractivity contribution in [2.45, 2.75) is 52.6 Å². The van der Waals surface area contributed by atoms with Crippen molar-refractivity contribution in [3.05, 3.63) is 18.0 Å². The van der Waals surface area contributed by atoms with Crippen molar-refractivity contribution < 1.29 is 14.4 Å². The van der Waals surface area contributed by atoms with Crippen LogP contribution in [0.2, 0.25) is 0 Å². The van der Waals surface area contributed by atoms with E-state index >= 15 is 0 Å². The third kappa shape index (κ3) is 4.54. The topological polar surface area (TPSA) is 96.3 Å². The highest BCUT2D eigenvalue weighted by Gasteiger charge is 2.42. The molecule has 3 amide bonds. The largest absolute Gasteiger partial charge is 0.356 e. The second-order valence-corrected chi connectivity index (χ2v) is 8.29. The van der Waals surface area contributed by atoms with Gasteiger partial charge in [-0.3, -0.25) is 19.1 Å². The van der Waals surface area contributed by atoms with Crippen LogP contribution in [0.15, 0.2) is 12.3 Å². The standard InChI is InChI=1S/C20H31N5O3/c1-4-25-17(6-8-22-25)20(28)24-11-15-9-14(10-16(15)23-18(26)12-24)19(27)21-7-5-13(2)3/h6,8,13-16H,4-5,7,9-12H2,1-3H3,(H,21,27)(H,23,26)/t14-,15+,16+/m0/s1. The third-order valence-electron chi connectivity index (χ3n) is 5.74. The van der Waals surface area contributed by atoms with Crippen LogP contribution in [0.3, 0.4) is 0 Å². The number of hydrogen-bond acceptors (Lipinski definition) is 4. The van der Waals surface area contributed by atoms with Crippen LogP contribution in [0.25, 0.3) is 0 Å². The molecule has 8 nitrogen and oxygen atoms in total. The first-order chi connectivity index (χ1) is 13.4. The van der Waals surface area contributed by atoms with Gasteiger partial charge in [-0.2, -0.15) is 5.10 Å². The lowest BCUT2D eigenvalue weighted by Crippen LogP contribution is -2.40. The van der Waals surface area contributed by atoms with Gasteiger partial charge in [-0.05, 0) is 44.1 Å². The highest BCUT2D eigenvalue weighted by molar-refractivity contribution is 5.95. The van der Waals surface area contributed by atoms with E-state index in [1.807, 2.05) is 6.92 Å². The van der Waals surface area contributed by atoms with E-state index in [1.165, 1.54) is 0 Å². The molecule has 1 aliphatic heterocycles. The lowest BCUT2D eigenvalue weighted by molar-refractivity contribution is -0.125. The molecular weight excluding hydrogens is 358 g/mol. The van der Waals surface area contributed by atoms with Gasteiger partial charge < -0.3 is 15.5 Å². The zero-order chi connectivity index (χ0) is 20.3. The smallest absolute Gasteiger partial charge is 0.272 e. The molecule has 1 aliphatic carbocycles. The number of carbonyl (C=O) groups is 3. The number of fused-ring (bicyclic) bond motifs is 1. The molecule has 3 rings (SSSR count). The molecule has 1 aromatic rings. The van der Waals surface area contributed by atoms with Gasteiger partial charge >= 0.3 is 0 Å². The van der Waals surface area contributed by atoms with Crippen LogP contribution in [0.1, 0.15) is 50.5 Å². The second kappa shape index (κ2) is 8.75. The lowest BCUT2D eigenvalue weighted by atomic mass is 10.0. The quantitative estimate of drug-likeness (QED) is 0.760. The normalized spacial score (nSPS) is 24.6. The van der Waals surface area contributed by atoms with Gasteiger partial charge in [0, 0.05) is 37.8 Å². The van der Waals surface area contributed by atoms with Crippen molar-refractivity contribution in [1.82, 2.24) is 25.3 Å². The minimum atomic E-state index is -0.181. The summed E-state index contributed by atoms with van der Waals surface area (Å²) in [5.41, 5.74) is 0.495. The fraction of sp³-hybridized carbons (Fsp3) is 0.700. The molecule has 0 bridgehead atoms. The molecule has 1 saturated heterocycles. The van der Waals surface area contributed by atoms with Crippen LogP contribution in [-0.2, 0) is 16.1 Å². The highest BCUT2D eigenvalue weighted by Crippen LogP contribution is 2.33. The van der Waals surface area contributed by atoms with E-state index in [1.54, 1.807) is 21.8 Å². The number of hydrogen-bond donors (Lipinski definition) is 2. The van der Waals surface area contributed by atoms with Crippen molar-refractivity contribution in [1.29, 1.82) is 0 Å². The predicted molar refractivity (Wildman–Crippen MR) is 104 cm³/mol. The SMILES string of the molecule is CCn1nccc1C(=O)N1CC(=O)N[C@@H]2C[C@@H](C(=O)NCCC(C)C)C[C@@H]2C1. The monoisotopic (exact) mass is 389 g/mol. The van der Waals surface area contributed by atoms with Crippen LogP contribution in [-0.4, -0.2) is 58.1 Å². The lowest BCUT2D eigenvalue weighted by Gasteiger charge is -2.23. The number of aromatic nitrogens is 2. The molecule has 2 fully saturated rings. The molecule has 0 aromatic carbocycles. The van der Waals surface area contributed by atoms with Crippen LogP contribution in [0.5, 0.6) is 0 Å². The molecule has 2 heterocycles. The summed E-state index contributed by atoms with van der Waals surface area (Å²) in [5.74, 6) is 0.243. The van der Waals surface area contributed by atoms with Gasteiger partial charge in [-0.15, -0.1) is 0 Å². The Morgan fingerprint density at radius 1 is 1.36 bits per heavy atom. The summed E-state index contributed by atoms with van der Waals surface area (Å²) in [6, 6.07) is 1.63. The molecule has 1 saturated carbocycles. The molecule has 0 radical (unpaired) electrons. The maximum Gasteiger partial charge on any atom is 0.272 e. The zero-order valence-corrected chi connectivity index (χ0v) is 17.0.